The van der Waals surface area contributed by atoms with E-state index in [1.165, 1.54) is 11.1 Å². The lowest BCUT2D eigenvalue weighted by Gasteiger charge is -2.32. The Balaban J connectivity index is 1.82. The summed E-state index contributed by atoms with van der Waals surface area (Å²) in [6.45, 7) is 3.84. The van der Waals surface area contributed by atoms with Crippen molar-refractivity contribution < 1.29 is 9.90 Å². The number of likely N-dealkylation sites (tertiary alicyclic amines) is 1. The number of aliphatic hydroxyl groups excluding tert-OH is 1. The summed E-state index contributed by atoms with van der Waals surface area (Å²) in [6.07, 6.45) is 3.43. The van der Waals surface area contributed by atoms with Crippen molar-refractivity contribution in [3.8, 4) is 0 Å². The second-order valence-electron chi connectivity index (χ2n) is 5.52. The summed E-state index contributed by atoms with van der Waals surface area (Å²) in [6, 6.07) is 8.36. The van der Waals surface area contributed by atoms with Crippen LogP contribution in [0.3, 0.4) is 0 Å². The van der Waals surface area contributed by atoms with Crippen molar-refractivity contribution in [1.82, 2.24) is 4.90 Å². The van der Waals surface area contributed by atoms with Crippen molar-refractivity contribution in [2.75, 3.05) is 19.7 Å². The largest absolute Gasteiger partial charge is 0.396 e. The first-order valence-corrected chi connectivity index (χ1v) is 7.13. The smallest absolute Gasteiger partial charge is 0.222 e. The van der Waals surface area contributed by atoms with Crippen LogP contribution in [-0.2, 0) is 11.2 Å². The van der Waals surface area contributed by atoms with Crippen molar-refractivity contribution >= 4 is 5.91 Å². The van der Waals surface area contributed by atoms with Gasteiger partial charge in [-0.2, -0.15) is 0 Å². The third-order valence-electron chi connectivity index (χ3n) is 3.88. The average molecular weight is 261 g/mol. The van der Waals surface area contributed by atoms with Crippen LogP contribution in [0.5, 0.6) is 0 Å². The summed E-state index contributed by atoms with van der Waals surface area (Å²) in [4.78, 5) is 14.1. The Hall–Kier alpha value is -1.35. The number of aryl methyl sites for hydroxylation is 2. The fourth-order valence-corrected chi connectivity index (χ4v) is 2.60. The van der Waals surface area contributed by atoms with Crippen LogP contribution in [0.4, 0.5) is 0 Å². The number of hydrogen-bond donors (Lipinski definition) is 1. The molecule has 1 fully saturated rings. The predicted molar refractivity (Wildman–Crippen MR) is 75.9 cm³/mol. The Morgan fingerprint density at radius 2 is 2.11 bits per heavy atom. The van der Waals surface area contributed by atoms with Crippen molar-refractivity contribution in [3.63, 3.8) is 0 Å². The summed E-state index contributed by atoms with van der Waals surface area (Å²) in [5.74, 6) is 0.496. The van der Waals surface area contributed by atoms with Crippen molar-refractivity contribution in [2.24, 2.45) is 5.92 Å². The second kappa shape index (κ2) is 6.71. The van der Waals surface area contributed by atoms with Crippen molar-refractivity contribution in [1.29, 1.82) is 0 Å². The Morgan fingerprint density at radius 1 is 1.37 bits per heavy atom. The minimum atomic E-state index is 0.196. The van der Waals surface area contributed by atoms with E-state index in [1.54, 1.807) is 0 Å². The number of rotatable bonds is 4. The van der Waals surface area contributed by atoms with Gasteiger partial charge in [0, 0.05) is 26.1 Å². The second-order valence-corrected chi connectivity index (χ2v) is 5.52. The molecule has 1 aromatic rings. The highest BCUT2D eigenvalue weighted by atomic mass is 16.3. The third-order valence-corrected chi connectivity index (χ3v) is 3.88. The molecular weight excluding hydrogens is 238 g/mol. The molecule has 3 heteroatoms. The van der Waals surface area contributed by atoms with Gasteiger partial charge in [0.05, 0.1) is 0 Å². The van der Waals surface area contributed by atoms with Gasteiger partial charge in [-0.3, -0.25) is 4.79 Å². The highest BCUT2D eigenvalue weighted by molar-refractivity contribution is 5.76. The van der Waals surface area contributed by atoms with Crippen LogP contribution in [0.15, 0.2) is 24.3 Å². The molecule has 0 spiro atoms. The predicted octanol–water partition coefficient (Wildman–Crippen LogP) is 2.16. The number of piperidine rings is 1. The van der Waals surface area contributed by atoms with E-state index in [1.807, 2.05) is 4.90 Å². The molecule has 1 amide bonds. The van der Waals surface area contributed by atoms with Gasteiger partial charge in [-0.05, 0) is 37.7 Å². The standard InChI is InChI=1S/C16H23NO2/c1-13-4-6-14(7-5-13)8-9-16(19)17-10-2-3-15(11-17)12-18/h4-7,15,18H,2-3,8-12H2,1H3. The monoisotopic (exact) mass is 261 g/mol. The van der Waals surface area contributed by atoms with Gasteiger partial charge in [-0.25, -0.2) is 0 Å². The Morgan fingerprint density at radius 3 is 2.79 bits per heavy atom. The lowest BCUT2D eigenvalue weighted by atomic mass is 9.98. The maximum atomic E-state index is 12.1. The van der Waals surface area contributed by atoms with Crippen molar-refractivity contribution in [2.45, 2.75) is 32.6 Å². The third kappa shape index (κ3) is 4.06. The zero-order valence-electron chi connectivity index (χ0n) is 11.6. The number of carbonyl (C=O) groups is 1. The van der Waals surface area contributed by atoms with Crippen LogP contribution < -0.4 is 0 Å². The van der Waals surface area contributed by atoms with Crippen LogP contribution in [-0.4, -0.2) is 35.6 Å². The normalized spacial score (nSPS) is 19.5. The molecule has 1 saturated heterocycles. The maximum Gasteiger partial charge on any atom is 0.222 e. The van der Waals surface area contributed by atoms with E-state index in [2.05, 4.69) is 31.2 Å². The highest BCUT2D eigenvalue weighted by Crippen LogP contribution is 2.17. The number of amides is 1. The molecule has 1 unspecified atom stereocenters. The summed E-state index contributed by atoms with van der Waals surface area (Å²) < 4.78 is 0. The average Bonchev–Trinajstić information content (AvgIpc) is 2.46. The van der Waals surface area contributed by atoms with Gasteiger partial charge in [-0.1, -0.05) is 29.8 Å². The number of hydrogen-bond acceptors (Lipinski definition) is 2. The molecule has 0 aliphatic carbocycles. The summed E-state index contributed by atoms with van der Waals surface area (Å²) in [7, 11) is 0. The molecule has 2 rings (SSSR count). The first kappa shape index (κ1) is 14.1. The van der Waals surface area contributed by atoms with Gasteiger partial charge in [0.25, 0.3) is 0 Å². The molecule has 104 valence electrons. The molecule has 1 aliphatic rings. The quantitative estimate of drug-likeness (QED) is 0.902. The molecule has 1 aromatic carbocycles. The number of benzene rings is 1. The van der Waals surface area contributed by atoms with Gasteiger partial charge >= 0.3 is 0 Å². The van der Waals surface area contributed by atoms with Crippen LogP contribution in [0.1, 0.15) is 30.4 Å². The molecule has 0 aromatic heterocycles. The van der Waals surface area contributed by atoms with Gasteiger partial charge in [-0.15, -0.1) is 0 Å². The zero-order chi connectivity index (χ0) is 13.7. The van der Waals surface area contributed by atoms with Gasteiger partial charge < -0.3 is 10.0 Å². The van der Waals surface area contributed by atoms with E-state index < -0.39 is 0 Å². The number of carbonyl (C=O) groups excluding carboxylic acids is 1. The fraction of sp³-hybridized carbons (Fsp3) is 0.562. The van der Waals surface area contributed by atoms with Crippen LogP contribution >= 0.6 is 0 Å². The molecule has 0 bridgehead atoms. The Labute approximate surface area is 115 Å². The molecule has 0 radical (unpaired) electrons. The van der Waals surface area contributed by atoms with E-state index in [-0.39, 0.29) is 18.4 Å². The molecule has 1 aliphatic heterocycles. The fourth-order valence-electron chi connectivity index (χ4n) is 2.60. The van der Waals surface area contributed by atoms with E-state index in [9.17, 15) is 9.90 Å². The molecule has 1 N–H and O–H groups in total. The molecule has 3 nitrogen and oxygen atoms in total. The van der Waals surface area contributed by atoms with Crippen LogP contribution in [0.25, 0.3) is 0 Å². The molecule has 1 heterocycles. The van der Waals surface area contributed by atoms with E-state index in [4.69, 9.17) is 0 Å². The number of aliphatic hydroxyl groups is 1. The molecular formula is C16H23NO2. The maximum absolute atomic E-state index is 12.1. The van der Waals surface area contributed by atoms with E-state index >= 15 is 0 Å². The summed E-state index contributed by atoms with van der Waals surface area (Å²) in [5.41, 5.74) is 2.46. The minimum Gasteiger partial charge on any atom is -0.396 e. The van der Waals surface area contributed by atoms with E-state index in [0.717, 1.165) is 32.4 Å². The van der Waals surface area contributed by atoms with Crippen LogP contribution in [0.2, 0.25) is 0 Å². The van der Waals surface area contributed by atoms with E-state index in [0.29, 0.717) is 6.42 Å². The minimum absolute atomic E-state index is 0.196. The van der Waals surface area contributed by atoms with Crippen LogP contribution in [0, 0.1) is 12.8 Å². The Bertz CT molecular complexity index is 413. The lowest BCUT2D eigenvalue weighted by Crippen LogP contribution is -2.41. The topological polar surface area (TPSA) is 40.5 Å². The first-order chi connectivity index (χ1) is 9.19. The Kier molecular flexibility index (Phi) is 4.97. The molecule has 1 atom stereocenters. The SMILES string of the molecule is Cc1ccc(CCC(=O)N2CCCC(CO)C2)cc1. The van der Waals surface area contributed by atoms with Gasteiger partial charge in [0.2, 0.25) is 5.91 Å². The number of nitrogens with zero attached hydrogens (tertiary/aromatic N) is 1. The highest BCUT2D eigenvalue weighted by Gasteiger charge is 2.22. The lowest BCUT2D eigenvalue weighted by molar-refractivity contribution is -0.133. The van der Waals surface area contributed by atoms with Gasteiger partial charge in [0.1, 0.15) is 0 Å². The molecule has 19 heavy (non-hydrogen) atoms. The first-order valence-electron chi connectivity index (χ1n) is 7.13. The summed E-state index contributed by atoms with van der Waals surface area (Å²) in [5, 5.41) is 9.19. The zero-order valence-corrected chi connectivity index (χ0v) is 11.6. The summed E-state index contributed by atoms with van der Waals surface area (Å²) >= 11 is 0. The van der Waals surface area contributed by atoms with Gasteiger partial charge in [0.15, 0.2) is 0 Å². The van der Waals surface area contributed by atoms with Crippen molar-refractivity contribution in [3.05, 3.63) is 35.4 Å². The molecule has 0 saturated carbocycles.